The topological polar surface area (TPSA) is 55.1 Å². The summed E-state index contributed by atoms with van der Waals surface area (Å²) in [5.41, 5.74) is 1.84. The number of thioether (sulfide) groups is 1. The Morgan fingerprint density at radius 2 is 2.19 bits per heavy atom. The molecular formula is C15H19ClN2O2S. The zero-order chi connectivity index (χ0) is 15.2. The van der Waals surface area contributed by atoms with E-state index in [4.69, 9.17) is 16.7 Å². The van der Waals surface area contributed by atoms with Gasteiger partial charge < -0.3 is 9.67 Å². The highest BCUT2D eigenvalue weighted by Crippen LogP contribution is 2.27. The SMILES string of the molecule is CCCCCCn1c(SCC(=O)O)nc2ccc(Cl)cc21. The standard InChI is InChI=1S/C15H19ClN2O2S/c1-2-3-4-5-8-18-13-9-11(16)6-7-12(13)17-15(18)21-10-14(19)20/h6-7,9H,2-5,8,10H2,1H3,(H,19,20). The zero-order valence-electron chi connectivity index (χ0n) is 12.0. The quantitative estimate of drug-likeness (QED) is 0.575. The molecular weight excluding hydrogens is 308 g/mol. The molecule has 1 aromatic carbocycles. The number of unbranched alkanes of at least 4 members (excludes halogenated alkanes) is 3. The number of carboxylic acid groups (broad SMARTS) is 1. The number of hydrogen-bond acceptors (Lipinski definition) is 3. The monoisotopic (exact) mass is 326 g/mol. The van der Waals surface area contributed by atoms with Gasteiger partial charge in [0, 0.05) is 11.6 Å². The number of rotatable bonds is 8. The van der Waals surface area contributed by atoms with E-state index in [1.165, 1.54) is 31.0 Å². The molecule has 114 valence electrons. The number of carboxylic acids is 1. The number of carbonyl (C=O) groups is 1. The average molecular weight is 327 g/mol. The number of aliphatic carboxylic acids is 1. The molecule has 0 saturated heterocycles. The first-order valence-electron chi connectivity index (χ1n) is 7.12. The molecule has 0 unspecified atom stereocenters. The van der Waals surface area contributed by atoms with E-state index >= 15 is 0 Å². The molecule has 0 amide bonds. The first-order chi connectivity index (χ1) is 10.1. The van der Waals surface area contributed by atoms with Crippen LogP contribution in [0.2, 0.25) is 5.02 Å². The maximum Gasteiger partial charge on any atom is 0.313 e. The van der Waals surface area contributed by atoms with Crippen molar-refractivity contribution in [3.05, 3.63) is 23.2 Å². The number of aryl methyl sites for hydroxylation is 1. The Labute approximate surface area is 133 Å². The van der Waals surface area contributed by atoms with Crippen molar-refractivity contribution < 1.29 is 9.90 Å². The molecule has 6 heteroatoms. The van der Waals surface area contributed by atoms with Crippen molar-refractivity contribution in [1.82, 2.24) is 9.55 Å². The predicted molar refractivity (Wildman–Crippen MR) is 87.2 cm³/mol. The van der Waals surface area contributed by atoms with Gasteiger partial charge in [-0.2, -0.15) is 0 Å². The van der Waals surface area contributed by atoms with Crippen LogP contribution in [0.1, 0.15) is 32.6 Å². The van der Waals surface area contributed by atoms with Crippen LogP contribution in [-0.4, -0.2) is 26.4 Å². The second-order valence-electron chi connectivity index (χ2n) is 4.92. The molecule has 1 N–H and O–H groups in total. The van der Waals surface area contributed by atoms with Crippen LogP contribution in [0.15, 0.2) is 23.4 Å². The van der Waals surface area contributed by atoms with Gasteiger partial charge in [-0.05, 0) is 24.6 Å². The third-order valence-corrected chi connectivity index (χ3v) is 4.43. The van der Waals surface area contributed by atoms with Crippen LogP contribution >= 0.6 is 23.4 Å². The molecule has 0 spiro atoms. The van der Waals surface area contributed by atoms with E-state index in [0.29, 0.717) is 5.02 Å². The number of imidazole rings is 1. The van der Waals surface area contributed by atoms with Crippen molar-refractivity contribution in [1.29, 1.82) is 0 Å². The van der Waals surface area contributed by atoms with Gasteiger partial charge in [-0.15, -0.1) is 0 Å². The first-order valence-corrected chi connectivity index (χ1v) is 8.48. The van der Waals surface area contributed by atoms with Gasteiger partial charge in [-0.25, -0.2) is 4.98 Å². The van der Waals surface area contributed by atoms with Gasteiger partial charge in [0.2, 0.25) is 0 Å². The fourth-order valence-corrected chi connectivity index (χ4v) is 3.15. The summed E-state index contributed by atoms with van der Waals surface area (Å²) in [6.45, 7) is 3.03. The minimum Gasteiger partial charge on any atom is -0.481 e. The van der Waals surface area contributed by atoms with Crippen LogP contribution in [0.25, 0.3) is 11.0 Å². The molecule has 0 aliphatic carbocycles. The van der Waals surface area contributed by atoms with E-state index < -0.39 is 5.97 Å². The Hall–Kier alpha value is -1.20. The third kappa shape index (κ3) is 4.38. The van der Waals surface area contributed by atoms with Crippen LogP contribution in [-0.2, 0) is 11.3 Å². The Bertz CT molecular complexity index is 627. The summed E-state index contributed by atoms with van der Waals surface area (Å²) in [4.78, 5) is 15.3. The van der Waals surface area contributed by atoms with E-state index in [1.807, 2.05) is 18.2 Å². The lowest BCUT2D eigenvalue weighted by Gasteiger charge is -2.08. The highest BCUT2D eigenvalue weighted by atomic mass is 35.5. The Balaban J connectivity index is 2.24. The number of aromatic nitrogens is 2. The molecule has 2 rings (SSSR count). The average Bonchev–Trinajstić information content (AvgIpc) is 2.78. The largest absolute Gasteiger partial charge is 0.481 e. The highest BCUT2D eigenvalue weighted by molar-refractivity contribution is 7.99. The zero-order valence-corrected chi connectivity index (χ0v) is 13.6. The van der Waals surface area contributed by atoms with E-state index in [0.717, 1.165) is 29.2 Å². The van der Waals surface area contributed by atoms with Gasteiger partial charge in [0.05, 0.1) is 16.8 Å². The first kappa shape index (κ1) is 16.2. The third-order valence-electron chi connectivity index (χ3n) is 3.24. The summed E-state index contributed by atoms with van der Waals surface area (Å²) in [6, 6.07) is 5.59. The second-order valence-corrected chi connectivity index (χ2v) is 6.30. The molecule has 0 atom stereocenters. The van der Waals surface area contributed by atoms with Crippen LogP contribution < -0.4 is 0 Å². The minimum absolute atomic E-state index is 0.0199. The molecule has 0 aliphatic heterocycles. The number of nitrogens with zero attached hydrogens (tertiary/aromatic N) is 2. The Morgan fingerprint density at radius 1 is 1.38 bits per heavy atom. The number of hydrogen-bond donors (Lipinski definition) is 1. The normalized spacial score (nSPS) is 11.1. The fraction of sp³-hybridized carbons (Fsp3) is 0.467. The summed E-state index contributed by atoms with van der Waals surface area (Å²) in [7, 11) is 0. The molecule has 0 fully saturated rings. The van der Waals surface area contributed by atoms with E-state index in [-0.39, 0.29) is 5.75 Å². The summed E-state index contributed by atoms with van der Waals surface area (Å²) in [5, 5.41) is 10.3. The van der Waals surface area contributed by atoms with Crippen molar-refractivity contribution in [3.63, 3.8) is 0 Å². The fourth-order valence-electron chi connectivity index (χ4n) is 2.22. The lowest BCUT2D eigenvalue weighted by molar-refractivity contribution is -0.133. The number of benzene rings is 1. The molecule has 0 aliphatic rings. The van der Waals surface area contributed by atoms with Crippen molar-refractivity contribution in [3.8, 4) is 0 Å². The Kier molecular flexibility index (Phi) is 5.94. The number of halogens is 1. The molecule has 0 bridgehead atoms. The summed E-state index contributed by atoms with van der Waals surface area (Å²) in [5.74, 6) is -0.811. The van der Waals surface area contributed by atoms with Gasteiger partial charge in [0.1, 0.15) is 0 Å². The smallest absolute Gasteiger partial charge is 0.313 e. The van der Waals surface area contributed by atoms with E-state index in [1.54, 1.807) is 0 Å². The predicted octanol–water partition coefficient (Wildman–Crippen LogP) is 4.45. The van der Waals surface area contributed by atoms with Crippen molar-refractivity contribution in [2.45, 2.75) is 44.3 Å². The molecule has 1 aromatic heterocycles. The summed E-state index contributed by atoms with van der Waals surface area (Å²) < 4.78 is 2.09. The lowest BCUT2D eigenvalue weighted by atomic mass is 10.2. The van der Waals surface area contributed by atoms with Gasteiger partial charge in [0.25, 0.3) is 0 Å². The van der Waals surface area contributed by atoms with Crippen LogP contribution in [0.3, 0.4) is 0 Å². The van der Waals surface area contributed by atoms with Gasteiger partial charge >= 0.3 is 5.97 Å². The second kappa shape index (κ2) is 7.71. The molecule has 1 heterocycles. The maximum atomic E-state index is 10.8. The van der Waals surface area contributed by atoms with Crippen molar-refractivity contribution in [2.24, 2.45) is 0 Å². The van der Waals surface area contributed by atoms with Gasteiger partial charge in [0.15, 0.2) is 5.16 Å². The molecule has 0 saturated carbocycles. The molecule has 4 nitrogen and oxygen atoms in total. The van der Waals surface area contributed by atoms with Crippen molar-refractivity contribution >= 4 is 40.4 Å². The van der Waals surface area contributed by atoms with Crippen LogP contribution in [0, 0.1) is 0 Å². The molecule has 0 radical (unpaired) electrons. The van der Waals surface area contributed by atoms with Gasteiger partial charge in [-0.3, -0.25) is 4.79 Å². The highest BCUT2D eigenvalue weighted by Gasteiger charge is 2.13. The summed E-state index contributed by atoms with van der Waals surface area (Å²) >= 11 is 7.33. The Morgan fingerprint density at radius 3 is 2.90 bits per heavy atom. The van der Waals surface area contributed by atoms with Crippen LogP contribution in [0.5, 0.6) is 0 Å². The van der Waals surface area contributed by atoms with E-state index in [2.05, 4.69) is 16.5 Å². The number of fused-ring (bicyclic) bond motifs is 1. The summed E-state index contributed by atoms with van der Waals surface area (Å²) in [6.07, 6.45) is 4.63. The van der Waals surface area contributed by atoms with Crippen LogP contribution in [0.4, 0.5) is 0 Å². The maximum absolute atomic E-state index is 10.8. The minimum atomic E-state index is -0.831. The molecule has 2 aromatic rings. The molecule has 21 heavy (non-hydrogen) atoms. The lowest BCUT2D eigenvalue weighted by Crippen LogP contribution is -2.03. The van der Waals surface area contributed by atoms with Crippen molar-refractivity contribution in [2.75, 3.05) is 5.75 Å². The van der Waals surface area contributed by atoms with E-state index in [9.17, 15) is 4.79 Å². The van der Waals surface area contributed by atoms with Gasteiger partial charge in [-0.1, -0.05) is 49.5 Å².